The molecule has 2 aliphatic carbocycles. The first-order valence-electron chi connectivity index (χ1n) is 26.0. The minimum absolute atomic E-state index is 0.0145. The van der Waals surface area contributed by atoms with E-state index in [1.54, 1.807) is 43.3 Å². The fourth-order valence-electron chi connectivity index (χ4n) is 9.04. The number of sulfonamides is 2. The monoisotopic (exact) mass is 1220 g/mol. The Labute approximate surface area is 484 Å². The molecular weight excluding hydrogens is 1140 g/mol. The van der Waals surface area contributed by atoms with Crippen molar-refractivity contribution in [3.63, 3.8) is 0 Å². The summed E-state index contributed by atoms with van der Waals surface area (Å²) in [6.45, 7) is 4.20. The topological polar surface area (TPSA) is 238 Å². The molecule has 4 aromatic rings. The first-order valence-corrected chi connectivity index (χ1v) is 30.5. The molecule has 0 saturated carbocycles. The Morgan fingerprint density at radius 1 is 0.557 bits per heavy atom. The number of benzene rings is 4. The van der Waals surface area contributed by atoms with Gasteiger partial charge in [0.1, 0.15) is 23.7 Å². The van der Waals surface area contributed by atoms with Gasteiger partial charge in [-0.05, 0) is 145 Å². The van der Waals surface area contributed by atoms with Gasteiger partial charge in [0.2, 0.25) is 31.9 Å². The Hall–Kier alpha value is -3.88. The van der Waals surface area contributed by atoms with Crippen LogP contribution in [0.2, 0.25) is 20.1 Å². The normalized spacial score (nSPS) is 17.9. The van der Waals surface area contributed by atoms with Crippen molar-refractivity contribution in [2.75, 3.05) is 107 Å². The summed E-state index contributed by atoms with van der Waals surface area (Å²) in [6, 6.07) is 19.6. The number of ether oxygens (including phenoxy) is 6. The number of fused-ring (bicyclic) bond motifs is 2. The summed E-state index contributed by atoms with van der Waals surface area (Å²) < 4.78 is 91.6. The molecule has 2 amide bonds. The summed E-state index contributed by atoms with van der Waals surface area (Å²) in [6.07, 6.45) is 1.81. The van der Waals surface area contributed by atoms with Gasteiger partial charge in [-0.3, -0.25) is 9.59 Å². The van der Waals surface area contributed by atoms with Gasteiger partial charge in [-0.1, -0.05) is 46.4 Å². The molecule has 19 nitrogen and oxygen atoms in total. The highest BCUT2D eigenvalue weighted by Gasteiger charge is 2.39. The van der Waals surface area contributed by atoms with E-state index in [1.165, 1.54) is 24.3 Å². The number of halogens is 4. The molecular formula is C54H73Cl4N7O12S2. The second kappa shape index (κ2) is 30.4. The molecule has 2 unspecified atom stereocenters. The van der Waals surface area contributed by atoms with E-state index in [-0.39, 0.29) is 138 Å². The molecule has 436 valence electrons. The fraction of sp³-hybridized carbons (Fsp3) is 0.519. The van der Waals surface area contributed by atoms with Crippen LogP contribution in [0.5, 0.6) is 11.5 Å². The molecule has 4 aromatic carbocycles. The molecule has 6 N–H and O–H groups in total. The molecule has 0 spiro atoms. The van der Waals surface area contributed by atoms with Gasteiger partial charge in [0.05, 0.1) is 74.7 Å². The van der Waals surface area contributed by atoms with Crippen molar-refractivity contribution in [1.82, 2.24) is 29.9 Å². The number of nitrogens with zero attached hydrogens (tertiary/aromatic N) is 2. The Bertz CT molecular complexity index is 2680. The Morgan fingerprint density at radius 2 is 0.899 bits per heavy atom. The number of likely N-dealkylation sites (N-methyl/N-ethyl adjacent to an activating group) is 2. The van der Waals surface area contributed by atoms with E-state index >= 15 is 0 Å². The number of hydrogen-bond donors (Lipinski definition) is 5. The minimum atomic E-state index is -3.80. The highest BCUT2D eigenvalue weighted by molar-refractivity contribution is 7.89. The average molecular weight is 1220 g/mol. The second-order valence-corrected chi connectivity index (χ2v) is 25.2. The largest absolute Gasteiger partial charge is 0.484 e. The van der Waals surface area contributed by atoms with Crippen LogP contribution in [-0.2, 0) is 61.4 Å². The smallest absolute Gasteiger partial charge is 0.240 e. The van der Waals surface area contributed by atoms with Crippen molar-refractivity contribution in [2.45, 2.75) is 85.1 Å². The first-order chi connectivity index (χ1) is 37.5. The number of carbonyl (C=O) groups is 2. The molecule has 79 heavy (non-hydrogen) atoms. The standard InChI is InChI=1S/C54H73Cl4N7O12S2/c1-54(59,16-14-50(66)60-18-22-72-26-28-74-24-20-62-78(68,69)40-10-6-38(7-11-40)76-52-44-30-36(55)32-46(57)42(44)34-48(52)64(2)3)17-15-51(67)61-19-23-73-27-29-75-25-21-63-79(70,71)41-12-8-39(9-13-41)77-53-45-31-37(56)33-47(58)43(45)35-49(53)65(4)5/h6-13,30-33,48-49,52-53,62-63H,14-29,34-35,59H2,1-5H3,(H,60,66)(H,61,67)/t48-,49?,52-,53-,54?/m0/s1. The lowest BCUT2D eigenvalue weighted by molar-refractivity contribution is -0.121. The minimum Gasteiger partial charge on any atom is -0.484 e. The Kier molecular flexibility index (Phi) is 24.8. The van der Waals surface area contributed by atoms with Crippen molar-refractivity contribution in [1.29, 1.82) is 0 Å². The van der Waals surface area contributed by atoms with Crippen molar-refractivity contribution in [2.24, 2.45) is 5.73 Å². The van der Waals surface area contributed by atoms with Crippen LogP contribution in [0.1, 0.15) is 67.1 Å². The maximum Gasteiger partial charge on any atom is 0.240 e. The molecule has 0 fully saturated rings. The van der Waals surface area contributed by atoms with Gasteiger partial charge in [-0.25, -0.2) is 26.3 Å². The second-order valence-electron chi connectivity index (χ2n) is 20.0. The Balaban J connectivity index is 0.726. The van der Waals surface area contributed by atoms with Gasteiger partial charge >= 0.3 is 0 Å². The lowest BCUT2D eigenvalue weighted by Gasteiger charge is -2.27. The maximum atomic E-state index is 12.9. The van der Waals surface area contributed by atoms with Crippen LogP contribution in [0, 0.1) is 0 Å². The number of amides is 2. The third-order valence-electron chi connectivity index (χ3n) is 13.5. The third kappa shape index (κ3) is 19.6. The third-order valence-corrected chi connectivity index (χ3v) is 17.5. The van der Waals surface area contributed by atoms with Gasteiger partial charge in [-0.2, -0.15) is 0 Å². The number of hydrogen-bond acceptors (Lipinski definition) is 15. The van der Waals surface area contributed by atoms with E-state index in [0.29, 0.717) is 57.3 Å². The van der Waals surface area contributed by atoms with Crippen LogP contribution < -0.4 is 35.3 Å². The first kappa shape index (κ1) is 64.3. The lowest BCUT2D eigenvalue weighted by Crippen LogP contribution is -2.40. The van der Waals surface area contributed by atoms with E-state index in [9.17, 15) is 26.4 Å². The number of nitrogens with one attached hydrogen (secondary N) is 4. The molecule has 0 aliphatic heterocycles. The van der Waals surface area contributed by atoms with Crippen molar-refractivity contribution < 1.29 is 54.8 Å². The SMILES string of the molecule is CN(C)C1Cc2c(Cl)cc(Cl)cc2[C@@H]1Oc1ccc(S(=O)(=O)NCCOCCOCCNC(=O)CCC(C)(N)CCC(=O)NCCOCCOCCNS(=O)(=O)c2ccc(O[C@H]3c4cc(Cl)cc(Cl)c4C[C@@H]3N(C)C)cc2)cc1. The highest BCUT2D eigenvalue weighted by Crippen LogP contribution is 2.44. The summed E-state index contributed by atoms with van der Waals surface area (Å²) in [4.78, 5) is 29.2. The molecule has 0 bridgehead atoms. The predicted octanol–water partition coefficient (Wildman–Crippen LogP) is 6.35. The molecule has 6 rings (SSSR count). The lowest BCUT2D eigenvalue weighted by atomic mass is 9.91. The predicted molar refractivity (Wildman–Crippen MR) is 306 cm³/mol. The summed E-state index contributed by atoms with van der Waals surface area (Å²) in [5, 5.41) is 7.81. The summed E-state index contributed by atoms with van der Waals surface area (Å²) in [5.41, 5.74) is 9.45. The van der Waals surface area contributed by atoms with E-state index in [0.717, 1.165) is 22.3 Å². The number of nitrogens with two attached hydrogens (primary N) is 1. The molecule has 25 heteroatoms. The summed E-state index contributed by atoms with van der Waals surface area (Å²) in [7, 11) is 0.281. The van der Waals surface area contributed by atoms with Crippen molar-refractivity contribution in [3.05, 3.63) is 115 Å². The molecule has 2 aliphatic rings. The zero-order valence-corrected chi connectivity index (χ0v) is 49.8. The molecule has 0 saturated heterocycles. The van der Waals surface area contributed by atoms with Crippen LogP contribution in [0.15, 0.2) is 82.6 Å². The Morgan fingerprint density at radius 3 is 1.24 bits per heavy atom. The van der Waals surface area contributed by atoms with E-state index in [2.05, 4.69) is 29.9 Å². The molecule has 0 aromatic heterocycles. The van der Waals surface area contributed by atoms with E-state index < -0.39 is 25.6 Å². The van der Waals surface area contributed by atoms with E-state index in [1.807, 2.05) is 40.3 Å². The van der Waals surface area contributed by atoms with Gasteiger partial charge in [0.25, 0.3) is 0 Å². The quantitative estimate of drug-likeness (QED) is 0.0321. The average Bonchev–Trinajstić information content (AvgIpc) is 4.20. The van der Waals surface area contributed by atoms with Crippen LogP contribution in [-0.4, -0.2) is 163 Å². The van der Waals surface area contributed by atoms with Gasteiger partial charge < -0.3 is 54.6 Å². The van der Waals surface area contributed by atoms with Crippen LogP contribution in [0.25, 0.3) is 0 Å². The highest BCUT2D eigenvalue weighted by atomic mass is 35.5. The van der Waals surface area contributed by atoms with Gasteiger partial charge in [0, 0.05) is 75.8 Å². The zero-order valence-electron chi connectivity index (χ0n) is 45.2. The van der Waals surface area contributed by atoms with Gasteiger partial charge in [0.15, 0.2) is 0 Å². The summed E-state index contributed by atoms with van der Waals surface area (Å²) >= 11 is 25.6. The van der Waals surface area contributed by atoms with Crippen molar-refractivity contribution >= 4 is 78.3 Å². The number of rotatable bonds is 34. The maximum absolute atomic E-state index is 12.9. The summed E-state index contributed by atoms with van der Waals surface area (Å²) in [5.74, 6) is 0.637. The van der Waals surface area contributed by atoms with Crippen LogP contribution in [0.4, 0.5) is 0 Å². The van der Waals surface area contributed by atoms with Crippen molar-refractivity contribution in [3.8, 4) is 11.5 Å². The van der Waals surface area contributed by atoms with Gasteiger partial charge in [-0.15, -0.1) is 0 Å². The van der Waals surface area contributed by atoms with Crippen LogP contribution >= 0.6 is 46.4 Å². The molecule has 0 radical (unpaired) electrons. The number of carbonyl (C=O) groups excluding carboxylic acids is 2. The zero-order chi connectivity index (χ0) is 57.3. The molecule has 0 heterocycles. The van der Waals surface area contributed by atoms with E-state index in [4.69, 9.17) is 80.6 Å². The molecule has 5 atom stereocenters. The fourth-order valence-corrected chi connectivity index (χ4v) is 12.2. The van der Waals surface area contributed by atoms with Crippen LogP contribution in [0.3, 0.4) is 0 Å².